The van der Waals surface area contributed by atoms with Crippen molar-refractivity contribution in [3.05, 3.63) is 29.8 Å². The molecule has 21 heavy (non-hydrogen) atoms. The van der Waals surface area contributed by atoms with E-state index in [2.05, 4.69) is 25.3 Å². The number of nitrogens with one attached hydrogen (secondary N) is 1. The zero-order chi connectivity index (χ0) is 14.8. The third-order valence-electron chi connectivity index (χ3n) is 3.03. The number of aliphatic hydroxyl groups is 1. The lowest BCUT2D eigenvalue weighted by Gasteiger charge is -2.04. The minimum absolute atomic E-state index is 0.00679. The van der Waals surface area contributed by atoms with Gasteiger partial charge >= 0.3 is 0 Å². The zero-order valence-electron chi connectivity index (χ0n) is 11.3. The molecule has 7 nitrogen and oxygen atoms in total. The van der Waals surface area contributed by atoms with Gasteiger partial charge in [0.1, 0.15) is 5.82 Å². The minimum Gasteiger partial charge on any atom is -0.395 e. The number of aromatic nitrogens is 5. The van der Waals surface area contributed by atoms with Crippen molar-refractivity contribution in [1.82, 2.24) is 24.5 Å². The molecule has 0 atom stereocenters. The molecule has 0 aliphatic carbocycles. The van der Waals surface area contributed by atoms with Gasteiger partial charge in [-0.3, -0.25) is 4.98 Å². The van der Waals surface area contributed by atoms with Gasteiger partial charge in [-0.05, 0) is 23.7 Å². The average Bonchev–Trinajstić information content (AvgIpc) is 2.83. The Morgan fingerprint density at radius 1 is 1.24 bits per heavy atom. The predicted molar refractivity (Wildman–Crippen MR) is 80.1 cm³/mol. The van der Waals surface area contributed by atoms with Crippen molar-refractivity contribution in [3.63, 3.8) is 0 Å². The topological polar surface area (TPSA) is 88.8 Å². The lowest BCUT2D eigenvalue weighted by atomic mass is 10.2. The Bertz CT molecular complexity index is 773. The van der Waals surface area contributed by atoms with Gasteiger partial charge in [-0.25, -0.2) is 4.98 Å². The number of halogens is 1. The first-order valence-corrected chi connectivity index (χ1v) is 6.73. The van der Waals surface area contributed by atoms with E-state index in [-0.39, 0.29) is 11.9 Å². The summed E-state index contributed by atoms with van der Waals surface area (Å²) in [5.41, 5.74) is 2.17. The van der Waals surface area contributed by atoms with Crippen LogP contribution in [-0.2, 0) is 7.05 Å². The number of hydrogen-bond acceptors (Lipinski definition) is 6. The lowest BCUT2D eigenvalue weighted by molar-refractivity contribution is 0.311. The van der Waals surface area contributed by atoms with E-state index in [0.717, 1.165) is 11.4 Å². The number of hydrogen-bond donors (Lipinski definition) is 2. The lowest BCUT2D eigenvalue weighted by Crippen LogP contribution is -2.08. The molecular weight excluding hydrogens is 292 g/mol. The van der Waals surface area contributed by atoms with Gasteiger partial charge in [0, 0.05) is 31.5 Å². The molecule has 0 amide bonds. The zero-order valence-corrected chi connectivity index (χ0v) is 12.0. The highest BCUT2D eigenvalue weighted by molar-refractivity contribution is 6.28. The van der Waals surface area contributed by atoms with Crippen molar-refractivity contribution in [2.24, 2.45) is 7.05 Å². The van der Waals surface area contributed by atoms with Crippen molar-refractivity contribution in [3.8, 4) is 11.4 Å². The molecule has 2 N–H and O–H groups in total. The van der Waals surface area contributed by atoms with Gasteiger partial charge in [0.05, 0.1) is 6.61 Å². The number of pyridine rings is 1. The van der Waals surface area contributed by atoms with Crippen molar-refractivity contribution < 1.29 is 5.11 Å². The van der Waals surface area contributed by atoms with E-state index in [9.17, 15) is 0 Å². The maximum absolute atomic E-state index is 8.94. The van der Waals surface area contributed by atoms with Crippen LogP contribution in [-0.4, -0.2) is 42.8 Å². The third kappa shape index (κ3) is 2.53. The van der Waals surface area contributed by atoms with Gasteiger partial charge in [-0.1, -0.05) is 0 Å². The summed E-state index contributed by atoms with van der Waals surface area (Å²) >= 11 is 5.95. The predicted octanol–water partition coefficient (Wildman–Crippen LogP) is 1.48. The molecule has 0 unspecified atom stereocenters. The SMILES string of the molecule is Cn1c(-c2ccncc2)nc2c(NCCO)nc(Cl)nc21. The Morgan fingerprint density at radius 2 is 2.00 bits per heavy atom. The number of aryl methyl sites for hydroxylation is 1. The Morgan fingerprint density at radius 3 is 2.71 bits per heavy atom. The third-order valence-corrected chi connectivity index (χ3v) is 3.20. The van der Waals surface area contributed by atoms with Crippen LogP contribution in [0.5, 0.6) is 0 Å². The van der Waals surface area contributed by atoms with Crippen LogP contribution in [0.3, 0.4) is 0 Å². The second-order valence-corrected chi connectivity index (χ2v) is 4.73. The van der Waals surface area contributed by atoms with E-state index in [0.29, 0.717) is 23.5 Å². The van der Waals surface area contributed by atoms with Gasteiger partial charge in [-0.15, -0.1) is 0 Å². The Hall–Kier alpha value is -2.25. The fraction of sp³-hybridized carbons (Fsp3) is 0.231. The summed E-state index contributed by atoms with van der Waals surface area (Å²) in [7, 11) is 1.87. The molecule has 0 radical (unpaired) electrons. The monoisotopic (exact) mass is 304 g/mol. The number of rotatable bonds is 4. The molecule has 0 saturated carbocycles. The van der Waals surface area contributed by atoms with Gasteiger partial charge in [0.25, 0.3) is 0 Å². The molecule has 0 spiro atoms. The highest BCUT2D eigenvalue weighted by atomic mass is 35.5. The molecule has 3 heterocycles. The second-order valence-electron chi connectivity index (χ2n) is 4.39. The molecule has 0 aromatic carbocycles. The Balaban J connectivity index is 2.19. The van der Waals surface area contributed by atoms with Crippen LogP contribution in [0.15, 0.2) is 24.5 Å². The van der Waals surface area contributed by atoms with Gasteiger partial charge in [0.2, 0.25) is 5.28 Å². The normalized spacial score (nSPS) is 11.0. The number of nitrogens with zero attached hydrogens (tertiary/aromatic N) is 5. The fourth-order valence-corrected chi connectivity index (χ4v) is 2.26. The quantitative estimate of drug-likeness (QED) is 0.710. The molecular formula is C13H13ClN6O. The molecule has 3 rings (SSSR count). The first-order valence-electron chi connectivity index (χ1n) is 6.36. The average molecular weight is 305 g/mol. The molecule has 0 fully saturated rings. The molecule has 0 aliphatic heterocycles. The maximum atomic E-state index is 8.94. The van der Waals surface area contributed by atoms with Crippen molar-refractivity contribution in [1.29, 1.82) is 0 Å². The first kappa shape index (κ1) is 13.7. The van der Waals surface area contributed by atoms with E-state index in [1.165, 1.54) is 0 Å². The largest absolute Gasteiger partial charge is 0.395 e. The molecule has 0 bridgehead atoms. The van der Waals surface area contributed by atoms with E-state index in [1.807, 2.05) is 23.7 Å². The van der Waals surface area contributed by atoms with Crippen molar-refractivity contribution in [2.75, 3.05) is 18.5 Å². The van der Waals surface area contributed by atoms with Gasteiger partial charge < -0.3 is 15.0 Å². The highest BCUT2D eigenvalue weighted by Crippen LogP contribution is 2.26. The Kier molecular flexibility index (Phi) is 3.68. The molecule has 3 aromatic rings. The summed E-state index contributed by atoms with van der Waals surface area (Å²) in [5.74, 6) is 1.26. The summed E-state index contributed by atoms with van der Waals surface area (Å²) in [5, 5.41) is 12.1. The fourth-order valence-electron chi connectivity index (χ4n) is 2.09. The molecule has 0 aliphatic rings. The number of imidazole rings is 1. The van der Waals surface area contributed by atoms with Gasteiger partial charge in [-0.2, -0.15) is 9.97 Å². The van der Waals surface area contributed by atoms with Crippen molar-refractivity contribution in [2.45, 2.75) is 0 Å². The minimum atomic E-state index is -0.00679. The number of aliphatic hydroxyl groups excluding tert-OH is 1. The number of anilines is 1. The standard InChI is InChI=1S/C13H13ClN6O/c1-20-11(8-2-4-15-5-3-8)17-9-10(16-6-7-21)18-13(14)19-12(9)20/h2-5,21H,6-7H2,1H3,(H,16,18,19). The summed E-state index contributed by atoms with van der Waals surface area (Å²) < 4.78 is 1.85. The van der Waals surface area contributed by atoms with Crippen LogP contribution in [0.1, 0.15) is 0 Å². The van der Waals surface area contributed by atoms with E-state index < -0.39 is 0 Å². The molecule has 3 aromatic heterocycles. The smallest absolute Gasteiger partial charge is 0.226 e. The van der Waals surface area contributed by atoms with Crippen LogP contribution in [0.2, 0.25) is 5.28 Å². The summed E-state index contributed by atoms with van der Waals surface area (Å²) in [6, 6.07) is 3.74. The van der Waals surface area contributed by atoms with E-state index in [4.69, 9.17) is 16.7 Å². The van der Waals surface area contributed by atoms with Gasteiger partial charge in [0.15, 0.2) is 17.0 Å². The van der Waals surface area contributed by atoms with Crippen molar-refractivity contribution >= 4 is 28.6 Å². The van der Waals surface area contributed by atoms with Crippen LogP contribution in [0, 0.1) is 0 Å². The maximum Gasteiger partial charge on any atom is 0.226 e. The molecule has 8 heteroatoms. The number of fused-ring (bicyclic) bond motifs is 1. The molecule has 0 saturated heterocycles. The second kappa shape index (κ2) is 5.63. The summed E-state index contributed by atoms with van der Waals surface area (Å²) in [6.07, 6.45) is 3.41. The highest BCUT2D eigenvalue weighted by Gasteiger charge is 2.16. The Labute approximate surface area is 125 Å². The van der Waals surface area contributed by atoms with E-state index >= 15 is 0 Å². The van der Waals surface area contributed by atoms with Crippen LogP contribution in [0.25, 0.3) is 22.6 Å². The summed E-state index contributed by atoms with van der Waals surface area (Å²) in [6.45, 7) is 0.358. The van der Waals surface area contributed by atoms with E-state index in [1.54, 1.807) is 12.4 Å². The summed E-state index contributed by atoms with van der Waals surface area (Å²) in [4.78, 5) is 16.9. The molecule has 108 valence electrons. The first-order chi connectivity index (χ1) is 10.2. The van der Waals surface area contributed by atoms with Crippen LogP contribution >= 0.6 is 11.6 Å². The van der Waals surface area contributed by atoms with Crippen LogP contribution in [0.4, 0.5) is 5.82 Å². The van der Waals surface area contributed by atoms with Crippen LogP contribution < -0.4 is 5.32 Å².